The first-order valence-corrected chi connectivity index (χ1v) is 10.8. The lowest BCUT2D eigenvalue weighted by Gasteiger charge is -2.41. The van der Waals surface area contributed by atoms with Crippen molar-refractivity contribution < 1.29 is 88.9 Å². The molecule has 0 radical (unpaired) electrons. The first kappa shape index (κ1) is 36.9. The zero-order chi connectivity index (χ0) is 33.2. The fraction of sp³-hybridized carbons (Fsp3) is 0.571. The largest absolute Gasteiger partial charge is 0.460 e. The predicted molar refractivity (Wildman–Crippen MR) is 107 cm³/mol. The number of alkyl halides is 15. The van der Waals surface area contributed by atoms with E-state index < -0.39 is 65.4 Å². The van der Waals surface area contributed by atoms with Crippen LogP contribution in [0.2, 0.25) is 0 Å². The molecule has 0 fully saturated rings. The van der Waals surface area contributed by atoms with Gasteiger partial charge in [-0.2, -0.15) is 74.6 Å². The molecule has 4 nitrogen and oxygen atoms in total. The molecule has 0 spiro atoms. The highest BCUT2D eigenvalue weighted by atomic mass is 19.4. The second-order valence-corrected chi connectivity index (χ2v) is 8.13. The normalized spacial score (nSPS) is 14.8. The maximum absolute atomic E-state index is 13.8. The summed E-state index contributed by atoms with van der Waals surface area (Å²) in [5, 5.41) is 2.07. The van der Waals surface area contributed by atoms with Gasteiger partial charge in [0.1, 0.15) is 5.75 Å². The number of anilines is 1. The zero-order valence-corrected chi connectivity index (χ0v) is 20.3. The highest BCUT2D eigenvalue weighted by Crippen LogP contribution is 2.63. The van der Waals surface area contributed by atoms with E-state index in [0.29, 0.717) is 25.0 Å². The summed E-state index contributed by atoms with van der Waals surface area (Å²) in [5.41, 5.74) is -0.192. The molecule has 1 N–H and O–H groups in total. The van der Waals surface area contributed by atoms with E-state index in [1.807, 2.05) is 6.92 Å². The minimum atomic E-state index is -8.66. The molecule has 0 atom stereocenters. The number of rotatable bonds is 13. The average Bonchev–Trinajstić information content (AvgIpc) is 2.85. The van der Waals surface area contributed by atoms with Crippen molar-refractivity contribution in [2.45, 2.75) is 67.9 Å². The summed E-state index contributed by atoms with van der Waals surface area (Å²) in [6.45, 7) is 1.84. The molecule has 242 valence electrons. The molecule has 0 aliphatic heterocycles. The van der Waals surface area contributed by atoms with Crippen LogP contribution in [0.25, 0.3) is 0 Å². The molecular weight excluding hydrogens is 637 g/mol. The SMILES string of the molecule is CCCCCOC(=O)Nc1ccc(OC(F)=C(F)C(F)(F)C(F)(F)C(F)(F)C(F)(F)C(F)(F)C(F)(F)C(F)(F)F)cc1. The number of benzene rings is 1. The zero-order valence-electron chi connectivity index (χ0n) is 20.3. The molecule has 0 heterocycles. The number of hydrogen-bond acceptors (Lipinski definition) is 3. The van der Waals surface area contributed by atoms with Gasteiger partial charge in [0.25, 0.3) is 0 Å². The van der Waals surface area contributed by atoms with Crippen LogP contribution in [-0.4, -0.2) is 54.4 Å². The third-order valence-corrected chi connectivity index (χ3v) is 5.07. The summed E-state index contributed by atoms with van der Waals surface area (Å²) in [5.74, 6) is -55.5. The van der Waals surface area contributed by atoms with Gasteiger partial charge in [-0.25, -0.2) is 4.79 Å². The van der Waals surface area contributed by atoms with Crippen molar-refractivity contribution in [1.82, 2.24) is 0 Å². The Kier molecular flexibility index (Phi) is 10.7. The highest BCUT2D eigenvalue weighted by molar-refractivity contribution is 5.84. The van der Waals surface area contributed by atoms with Crippen LogP contribution in [0.1, 0.15) is 26.2 Å². The molecule has 1 amide bonds. The number of nitrogens with one attached hydrogen (secondary N) is 1. The quantitative estimate of drug-likeness (QED) is 0.131. The molecule has 0 saturated carbocycles. The Morgan fingerprint density at radius 2 is 1.14 bits per heavy atom. The highest BCUT2D eigenvalue weighted by Gasteiger charge is 2.93. The Morgan fingerprint density at radius 3 is 1.60 bits per heavy atom. The van der Waals surface area contributed by atoms with Gasteiger partial charge < -0.3 is 9.47 Å². The van der Waals surface area contributed by atoms with Crippen LogP contribution in [0.15, 0.2) is 36.1 Å². The number of ether oxygens (including phenoxy) is 2. The Balaban J connectivity index is 3.27. The van der Waals surface area contributed by atoms with Gasteiger partial charge in [0.05, 0.1) is 6.61 Å². The van der Waals surface area contributed by atoms with E-state index in [9.17, 15) is 79.4 Å². The van der Waals surface area contributed by atoms with Gasteiger partial charge in [-0.05, 0) is 30.7 Å². The third-order valence-electron chi connectivity index (χ3n) is 5.07. The van der Waals surface area contributed by atoms with Gasteiger partial charge >= 0.3 is 53.8 Å². The molecule has 0 aromatic heterocycles. The van der Waals surface area contributed by atoms with Gasteiger partial charge in [0, 0.05) is 5.69 Å². The number of hydrogen-bond donors (Lipinski definition) is 1. The summed E-state index contributed by atoms with van der Waals surface area (Å²) < 4.78 is 234. The third kappa shape index (κ3) is 6.57. The van der Waals surface area contributed by atoms with Crippen LogP contribution >= 0.6 is 0 Å². The molecule has 21 heteroatoms. The number of carbonyl (C=O) groups excluding carboxylic acids is 1. The van der Waals surface area contributed by atoms with E-state index in [0.717, 1.165) is 18.6 Å². The summed E-state index contributed by atoms with van der Waals surface area (Å²) in [6, 6.07) is -1.06. The number of carbonyl (C=O) groups is 1. The van der Waals surface area contributed by atoms with Gasteiger partial charge in [-0.1, -0.05) is 19.8 Å². The number of allylic oxidation sites excluding steroid dienone is 1. The van der Waals surface area contributed by atoms with Crippen molar-refractivity contribution in [3.05, 3.63) is 36.1 Å². The first-order valence-electron chi connectivity index (χ1n) is 10.8. The van der Waals surface area contributed by atoms with E-state index in [-0.39, 0.29) is 12.3 Å². The van der Waals surface area contributed by atoms with Crippen molar-refractivity contribution >= 4 is 11.8 Å². The lowest BCUT2D eigenvalue weighted by molar-refractivity contribution is -0.451. The minimum absolute atomic E-state index is 0.0115. The fourth-order valence-electron chi connectivity index (χ4n) is 2.65. The number of halogens is 17. The van der Waals surface area contributed by atoms with E-state index in [4.69, 9.17) is 4.74 Å². The Bertz CT molecular complexity index is 1110. The Morgan fingerprint density at radius 1 is 0.690 bits per heavy atom. The van der Waals surface area contributed by atoms with Crippen molar-refractivity contribution in [2.24, 2.45) is 0 Å². The van der Waals surface area contributed by atoms with Gasteiger partial charge in [0.15, 0.2) is 0 Å². The topological polar surface area (TPSA) is 47.6 Å². The molecule has 42 heavy (non-hydrogen) atoms. The van der Waals surface area contributed by atoms with E-state index >= 15 is 0 Å². The number of amides is 1. The molecule has 1 aromatic carbocycles. The monoisotopic (exact) mass is 653 g/mol. The van der Waals surface area contributed by atoms with Crippen LogP contribution in [0.5, 0.6) is 5.75 Å². The average molecular weight is 653 g/mol. The number of unbranched alkanes of at least 4 members (excludes halogenated alkanes) is 2. The van der Waals surface area contributed by atoms with Crippen molar-refractivity contribution in [3.8, 4) is 5.75 Å². The molecule has 0 aliphatic carbocycles. The Hall–Kier alpha value is -3.16. The lowest BCUT2D eigenvalue weighted by atomic mass is 9.91. The van der Waals surface area contributed by atoms with Crippen LogP contribution in [-0.2, 0) is 4.74 Å². The molecule has 0 unspecified atom stereocenters. The minimum Gasteiger partial charge on any atom is -0.449 e. The van der Waals surface area contributed by atoms with Crippen molar-refractivity contribution in [2.75, 3.05) is 11.9 Å². The summed E-state index contributed by atoms with van der Waals surface area (Å²) >= 11 is 0. The van der Waals surface area contributed by atoms with Crippen LogP contribution in [0.3, 0.4) is 0 Å². The summed E-state index contributed by atoms with van der Waals surface area (Å²) in [7, 11) is 0. The van der Waals surface area contributed by atoms with Crippen LogP contribution in [0.4, 0.5) is 85.1 Å². The molecule has 0 aliphatic rings. The molecular formula is C21H16F17NO3. The molecule has 1 aromatic rings. The molecule has 1 rings (SSSR count). The second kappa shape index (κ2) is 12.2. The van der Waals surface area contributed by atoms with E-state index in [1.54, 1.807) is 0 Å². The second-order valence-electron chi connectivity index (χ2n) is 8.13. The lowest BCUT2D eigenvalue weighted by Crippen LogP contribution is -2.72. The molecule has 0 bridgehead atoms. The first-order chi connectivity index (χ1) is 18.7. The fourth-order valence-corrected chi connectivity index (χ4v) is 2.65. The van der Waals surface area contributed by atoms with Crippen molar-refractivity contribution in [1.29, 1.82) is 0 Å². The van der Waals surface area contributed by atoms with Crippen molar-refractivity contribution in [3.63, 3.8) is 0 Å². The van der Waals surface area contributed by atoms with Crippen LogP contribution < -0.4 is 10.1 Å². The smallest absolute Gasteiger partial charge is 0.449 e. The molecule has 0 saturated heterocycles. The van der Waals surface area contributed by atoms with Gasteiger partial charge in [-0.15, -0.1) is 0 Å². The van der Waals surface area contributed by atoms with E-state index in [1.165, 1.54) is 0 Å². The van der Waals surface area contributed by atoms with E-state index in [2.05, 4.69) is 10.1 Å². The van der Waals surface area contributed by atoms with Gasteiger partial charge in [0.2, 0.25) is 5.83 Å². The van der Waals surface area contributed by atoms with Crippen LogP contribution in [0, 0.1) is 0 Å². The summed E-state index contributed by atoms with van der Waals surface area (Å²) in [6.07, 6.45) is -6.86. The van der Waals surface area contributed by atoms with Gasteiger partial charge in [-0.3, -0.25) is 5.32 Å². The maximum Gasteiger partial charge on any atom is 0.460 e. The maximum atomic E-state index is 13.8. The summed E-state index contributed by atoms with van der Waals surface area (Å²) in [4.78, 5) is 11.6. The Labute approximate surface area is 223 Å². The predicted octanol–water partition coefficient (Wildman–Crippen LogP) is 9.29. The standard InChI is InChI=1S/C21H16F17NO3/c1-2-3-4-9-41-14(40)39-10-5-7-11(8-6-10)42-13(23)12(22)15(24,25)16(26,27)17(28,29)18(30,31)19(32,33)20(34,35)21(36,37)38/h5-8H,2-4,9H2,1H3,(H,39,40).